The number of pyridine rings is 1. The summed E-state index contributed by atoms with van der Waals surface area (Å²) in [7, 11) is 0. The van der Waals surface area contributed by atoms with Crippen LogP contribution in [-0.2, 0) is 6.61 Å². The van der Waals surface area contributed by atoms with Crippen molar-refractivity contribution in [3.8, 4) is 0 Å². The summed E-state index contributed by atoms with van der Waals surface area (Å²) >= 11 is 5.92. The zero-order valence-electron chi connectivity index (χ0n) is 10.1. The molecule has 1 N–H and O–H groups in total. The first-order valence-corrected chi connectivity index (χ1v) is 6.00. The Bertz CT molecular complexity index is 342. The summed E-state index contributed by atoms with van der Waals surface area (Å²) in [4.78, 5) is 6.58. The average molecular weight is 243 g/mol. The van der Waals surface area contributed by atoms with E-state index >= 15 is 0 Å². The lowest BCUT2D eigenvalue weighted by molar-refractivity contribution is 0.277. The Balaban J connectivity index is 3.00. The topological polar surface area (TPSA) is 36.4 Å². The minimum atomic E-state index is -0.120. The molecule has 16 heavy (non-hydrogen) atoms. The quantitative estimate of drug-likeness (QED) is 0.863. The third-order valence-electron chi connectivity index (χ3n) is 2.44. The molecule has 1 rings (SSSR count). The van der Waals surface area contributed by atoms with Crippen molar-refractivity contribution in [3.05, 3.63) is 22.8 Å². The van der Waals surface area contributed by atoms with Gasteiger partial charge in [0.1, 0.15) is 5.82 Å². The molecule has 0 spiro atoms. The molecule has 1 heterocycles. The van der Waals surface area contributed by atoms with Crippen molar-refractivity contribution in [2.45, 2.75) is 39.8 Å². The molecule has 3 nitrogen and oxygen atoms in total. The number of hydrogen-bond acceptors (Lipinski definition) is 3. The van der Waals surface area contributed by atoms with E-state index in [-0.39, 0.29) is 6.61 Å². The zero-order valence-corrected chi connectivity index (χ0v) is 10.8. The minimum absolute atomic E-state index is 0.120. The third kappa shape index (κ3) is 3.09. The van der Waals surface area contributed by atoms with Gasteiger partial charge in [-0.15, -0.1) is 0 Å². The highest BCUT2D eigenvalue weighted by Gasteiger charge is 2.12. The van der Waals surface area contributed by atoms with Gasteiger partial charge in [0.2, 0.25) is 0 Å². The standard InChI is InChI=1S/C12H19ClN2O/c1-4-7-15(9(2)3)12-6-5-10(13)11(8-16)14-12/h5-6,9,16H,4,7-8H2,1-3H3. The summed E-state index contributed by atoms with van der Waals surface area (Å²) in [5.74, 6) is 0.880. The van der Waals surface area contributed by atoms with E-state index in [1.54, 1.807) is 6.07 Å². The molecule has 0 aliphatic heterocycles. The molecule has 0 aliphatic carbocycles. The van der Waals surface area contributed by atoms with Crippen molar-refractivity contribution in [1.29, 1.82) is 0 Å². The van der Waals surface area contributed by atoms with Crippen LogP contribution in [0.2, 0.25) is 5.02 Å². The summed E-state index contributed by atoms with van der Waals surface area (Å²) in [5, 5.41) is 9.65. The van der Waals surface area contributed by atoms with Crippen LogP contribution < -0.4 is 4.90 Å². The molecule has 0 atom stereocenters. The van der Waals surface area contributed by atoms with Crippen LogP contribution in [0.25, 0.3) is 0 Å². The number of hydrogen-bond donors (Lipinski definition) is 1. The van der Waals surface area contributed by atoms with Crippen LogP contribution >= 0.6 is 11.6 Å². The van der Waals surface area contributed by atoms with Gasteiger partial charge in [0, 0.05) is 12.6 Å². The Morgan fingerprint density at radius 2 is 2.12 bits per heavy atom. The number of halogens is 1. The van der Waals surface area contributed by atoms with Crippen LogP contribution in [0.4, 0.5) is 5.82 Å². The minimum Gasteiger partial charge on any atom is -0.390 e. The Labute approximate surface area is 102 Å². The zero-order chi connectivity index (χ0) is 12.1. The molecule has 4 heteroatoms. The summed E-state index contributed by atoms with van der Waals surface area (Å²) in [5.41, 5.74) is 0.543. The predicted molar refractivity (Wildman–Crippen MR) is 67.9 cm³/mol. The smallest absolute Gasteiger partial charge is 0.129 e. The van der Waals surface area contributed by atoms with Gasteiger partial charge in [0.25, 0.3) is 0 Å². The first-order chi connectivity index (χ1) is 7.60. The number of aromatic nitrogens is 1. The normalized spacial score (nSPS) is 10.9. The molecular weight excluding hydrogens is 224 g/mol. The summed E-state index contributed by atoms with van der Waals surface area (Å²) in [6.07, 6.45) is 1.07. The summed E-state index contributed by atoms with van der Waals surface area (Å²) in [6.45, 7) is 7.23. The lowest BCUT2D eigenvalue weighted by atomic mass is 10.2. The molecule has 0 radical (unpaired) electrons. The number of nitrogens with zero attached hydrogens (tertiary/aromatic N) is 2. The SMILES string of the molecule is CCCN(c1ccc(Cl)c(CO)n1)C(C)C. The molecule has 0 amide bonds. The first-order valence-electron chi connectivity index (χ1n) is 5.63. The molecule has 1 aromatic rings. The third-order valence-corrected chi connectivity index (χ3v) is 2.78. The van der Waals surface area contributed by atoms with Crippen LogP contribution in [0.3, 0.4) is 0 Å². The number of aliphatic hydroxyl groups is 1. The van der Waals surface area contributed by atoms with E-state index in [2.05, 4.69) is 30.7 Å². The van der Waals surface area contributed by atoms with E-state index in [9.17, 15) is 0 Å². The van der Waals surface area contributed by atoms with Crippen LogP contribution in [0.5, 0.6) is 0 Å². The molecule has 0 fully saturated rings. The Kier molecular flexibility index (Phi) is 5.03. The number of aliphatic hydroxyl groups excluding tert-OH is 1. The fourth-order valence-electron chi connectivity index (χ4n) is 1.62. The molecule has 0 aliphatic rings. The van der Waals surface area contributed by atoms with Gasteiger partial charge in [0.05, 0.1) is 17.3 Å². The highest BCUT2D eigenvalue weighted by Crippen LogP contribution is 2.21. The number of rotatable bonds is 5. The van der Waals surface area contributed by atoms with Gasteiger partial charge < -0.3 is 10.0 Å². The van der Waals surface area contributed by atoms with Gasteiger partial charge in [0.15, 0.2) is 0 Å². The van der Waals surface area contributed by atoms with E-state index in [1.165, 1.54) is 0 Å². The van der Waals surface area contributed by atoms with Gasteiger partial charge in [-0.25, -0.2) is 4.98 Å². The molecular formula is C12H19ClN2O. The second kappa shape index (κ2) is 6.06. The Hall–Kier alpha value is -0.800. The van der Waals surface area contributed by atoms with Gasteiger partial charge >= 0.3 is 0 Å². The summed E-state index contributed by atoms with van der Waals surface area (Å²) in [6, 6.07) is 4.08. The van der Waals surface area contributed by atoms with Crippen LogP contribution in [0.15, 0.2) is 12.1 Å². The van der Waals surface area contributed by atoms with Crippen molar-refractivity contribution < 1.29 is 5.11 Å². The van der Waals surface area contributed by atoms with E-state index < -0.39 is 0 Å². The van der Waals surface area contributed by atoms with Crippen molar-refractivity contribution >= 4 is 17.4 Å². The van der Waals surface area contributed by atoms with Crippen molar-refractivity contribution in [2.75, 3.05) is 11.4 Å². The maximum atomic E-state index is 9.13. The molecule has 1 aromatic heterocycles. The van der Waals surface area contributed by atoms with Gasteiger partial charge in [-0.2, -0.15) is 0 Å². The molecule has 0 saturated carbocycles. The van der Waals surface area contributed by atoms with E-state index in [0.717, 1.165) is 18.8 Å². The molecule has 90 valence electrons. The molecule has 0 aromatic carbocycles. The molecule has 0 unspecified atom stereocenters. The van der Waals surface area contributed by atoms with Crippen LogP contribution in [-0.4, -0.2) is 22.7 Å². The van der Waals surface area contributed by atoms with E-state index in [4.69, 9.17) is 16.7 Å². The van der Waals surface area contributed by atoms with E-state index in [0.29, 0.717) is 16.8 Å². The Morgan fingerprint density at radius 3 is 2.62 bits per heavy atom. The van der Waals surface area contributed by atoms with E-state index in [1.807, 2.05) is 6.07 Å². The fraction of sp³-hybridized carbons (Fsp3) is 0.583. The van der Waals surface area contributed by atoms with Crippen LogP contribution in [0.1, 0.15) is 32.9 Å². The fourth-order valence-corrected chi connectivity index (χ4v) is 1.79. The molecule has 0 saturated heterocycles. The summed E-state index contributed by atoms with van der Waals surface area (Å²) < 4.78 is 0. The van der Waals surface area contributed by atoms with Crippen molar-refractivity contribution in [2.24, 2.45) is 0 Å². The largest absolute Gasteiger partial charge is 0.390 e. The second-order valence-electron chi connectivity index (χ2n) is 4.04. The lowest BCUT2D eigenvalue weighted by Gasteiger charge is -2.27. The monoisotopic (exact) mass is 242 g/mol. The van der Waals surface area contributed by atoms with Gasteiger partial charge in [-0.05, 0) is 32.4 Å². The lowest BCUT2D eigenvalue weighted by Crippen LogP contribution is -2.32. The highest BCUT2D eigenvalue weighted by atomic mass is 35.5. The Morgan fingerprint density at radius 1 is 1.44 bits per heavy atom. The predicted octanol–water partition coefficient (Wildman–Crippen LogP) is 2.85. The first kappa shape index (κ1) is 13.3. The van der Waals surface area contributed by atoms with Gasteiger partial charge in [-0.3, -0.25) is 0 Å². The average Bonchev–Trinajstić information content (AvgIpc) is 2.26. The van der Waals surface area contributed by atoms with Crippen molar-refractivity contribution in [3.63, 3.8) is 0 Å². The van der Waals surface area contributed by atoms with Crippen molar-refractivity contribution in [1.82, 2.24) is 4.98 Å². The second-order valence-corrected chi connectivity index (χ2v) is 4.45. The van der Waals surface area contributed by atoms with Crippen LogP contribution in [0, 0.1) is 0 Å². The maximum Gasteiger partial charge on any atom is 0.129 e. The van der Waals surface area contributed by atoms with Gasteiger partial charge in [-0.1, -0.05) is 18.5 Å². The maximum absolute atomic E-state index is 9.13. The highest BCUT2D eigenvalue weighted by molar-refractivity contribution is 6.31. The number of anilines is 1. The molecule has 0 bridgehead atoms.